The van der Waals surface area contributed by atoms with Gasteiger partial charge in [0.25, 0.3) is 0 Å². The lowest BCUT2D eigenvalue weighted by Gasteiger charge is -2.50. The van der Waals surface area contributed by atoms with Crippen LogP contribution in [0.15, 0.2) is 0 Å². The lowest BCUT2D eigenvalue weighted by atomic mass is 10.0. The minimum absolute atomic E-state index is 0.0222. The fourth-order valence-electron chi connectivity index (χ4n) is 2.36. The van der Waals surface area contributed by atoms with E-state index in [1.807, 2.05) is 0 Å². The maximum absolute atomic E-state index is 12.1. The molecule has 0 bridgehead atoms. The third-order valence-corrected chi connectivity index (χ3v) is 6.84. The molecule has 3 nitrogen and oxygen atoms in total. The number of thiocarbonyl (C=S) groups is 1. The smallest absolute Gasteiger partial charge is 0.233 e. The Bertz CT molecular complexity index is 318. The van der Waals surface area contributed by atoms with Gasteiger partial charge in [-0.1, -0.05) is 20.3 Å². The molecular formula is C12H22N2OS3. The molecule has 0 aromatic heterocycles. The van der Waals surface area contributed by atoms with Gasteiger partial charge in [-0.05, 0) is 37.6 Å². The fraction of sp³-hybridized carbons (Fsp3) is 0.833. The normalized spacial score (nSPS) is 23.1. The number of unbranched alkanes of at least 4 members (excludes halogenated alkanes) is 1. The van der Waals surface area contributed by atoms with Crippen LogP contribution in [0.4, 0.5) is 0 Å². The van der Waals surface area contributed by atoms with Crippen molar-refractivity contribution in [3.63, 3.8) is 0 Å². The first-order chi connectivity index (χ1) is 8.57. The third kappa shape index (κ3) is 2.80. The molecule has 1 N–H and O–H groups in total. The van der Waals surface area contributed by atoms with Crippen molar-refractivity contribution in [2.24, 2.45) is 5.92 Å². The molecule has 6 heteroatoms. The molecular weight excluding hydrogens is 284 g/mol. The first-order valence-corrected chi connectivity index (χ1v) is 9.15. The zero-order valence-corrected chi connectivity index (χ0v) is 13.9. The number of thioether (sulfide) groups is 2. The summed E-state index contributed by atoms with van der Waals surface area (Å²) in [5, 5.41) is 3.44. The van der Waals surface area contributed by atoms with E-state index in [0.29, 0.717) is 5.11 Å². The summed E-state index contributed by atoms with van der Waals surface area (Å²) in [5.41, 5.74) is 0. The highest BCUT2D eigenvalue weighted by molar-refractivity contribution is 8.17. The summed E-state index contributed by atoms with van der Waals surface area (Å²) < 4.78 is -0.247. The van der Waals surface area contributed by atoms with E-state index < -0.39 is 0 Å². The van der Waals surface area contributed by atoms with E-state index in [4.69, 9.17) is 12.2 Å². The van der Waals surface area contributed by atoms with Gasteiger partial charge in [-0.25, -0.2) is 0 Å². The molecule has 0 saturated carbocycles. The maximum atomic E-state index is 12.1. The van der Waals surface area contributed by atoms with E-state index in [-0.39, 0.29) is 16.0 Å². The fourth-order valence-corrected chi connectivity index (χ4v) is 5.40. The molecule has 0 spiro atoms. The minimum atomic E-state index is -0.247. The van der Waals surface area contributed by atoms with Crippen molar-refractivity contribution in [1.29, 1.82) is 0 Å². The Balaban J connectivity index is 3.09. The molecule has 1 saturated heterocycles. The van der Waals surface area contributed by atoms with E-state index in [2.05, 4.69) is 36.6 Å². The number of rotatable bonds is 6. The van der Waals surface area contributed by atoms with Crippen LogP contribution < -0.4 is 5.32 Å². The third-order valence-electron chi connectivity index (χ3n) is 3.34. The Morgan fingerprint density at radius 1 is 1.39 bits per heavy atom. The van der Waals surface area contributed by atoms with Crippen LogP contribution in [0, 0.1) is 5.92 Å². The number of carbonyl (C=O) groups excluding carboxylic acids is 1. The largest absolute Gasteiger partial charge is 0.325 e. The van der Waals surface area contributed by atoms with Gasteiger partial charge in [0.1, 0.15) is 4.20 Å². The standard InChI is InChI=1S/C12H22N2OS3/c1-5-7-8-14-11(16)13-10(15)9(6-2)12(14,17-3)18-4/h9H,5-8H2,1-4H3,(H,13,15,16). The molecule has 1 amide bonds. The van der Waals surface area contributed by atoms with Crippen molar-refractivity contribution in [3.8, 4) is 0 Å². The van der Waals surface area contributed by atoms with Gasteiger partial charge in [0, 0.05) is 6.54 Å². The molecule has 1 unspecified atom stereocenters. The molecule has 1 aliphatic heterocycles. The van der Waals surface area contributed by atoms with Gasteiger partial charge >= 0.3 is 0 Å². The van der Waals surface area contributed by atoms with Crippen LogP contribution in [0.1, 0.15) is 33.1 Å². The number of nitrogens with one attached hydrogen (secondary N) is 1. The van der Waals surface area contributed by atoms with Crippen molar-refractivity contribution in [2.45, 2.75) is 37.3 Å². The van der Waals surface area contributed by atoms with Gasteiger partial charge in [-0.3, -0.25) is 4.79 Å². The van der Waals surface area contributed by atoms with Gasteiger partial charge in [-0.2, -0.15) is 0 Å². The Morgan fingerprint density at radius 3 is 2.44 bits per heavy atom. The van der Waals surface area contributed by atoms with Gasteiger partial charge in [0.2, 0.25) is 5.91 Å². The molecule has 1 rings (SSSR count). The van der Waals surface area contributed by atoms with Crippen LogP contribution in [-0.2, 0) is 4.79 Å². The highest BCUT2D eigenvalue weighted by Gasteiger charge is 2.50. The summed E-state index contributed by atoms with van der Waals surface area (Å²) in [6.45, 7) is 5.15. The number of nitrogens with zero attached hydrogens (tertiary/aromatic N) is 1. The summed E-state index contributed by atoms with van der Waals surface area (Å²) in [4.78, 5) is 14.3. The SMILES string of the molecule is CCCCN1C(=S)NC(=O)C(CC)C1(SC)SC. The Hall–Kier alpha value is 0.0600. The molecule has 1 aliphatic rings. The molecule has 1 heterocycles. The summed E-state index contributed by atoms with van der Waals surface area (Å²) in [6, 6.07) is 0. The lowest BCUT2D eigenvalue weighted by molar-refractivity contribution is -0.126. The predicted molar refractivity (Wildman–Crippen MR) is 85.9 cm³/mol. The number of hydrogen-bond acceptors (Lipinski definition) is 4. The predicted octanol–water partition coefficient (Wildman–Crippen LogP) is 2.91. The number of carbonyl (C=O) groups is 1. The minimum Gasteiger partial charge on any atom is -0.325 e. The van der Waals surface area contributed by atoms with Crippen LogP contribution in [-0.4, -0.2) is 39.2 Å². The van der Waals surface area contributed by atoms with Crippen molar-refractivity contribution in [2.75, 3.05) is 19.1 Å². The molecule has 104 valence electrons. The Morgan fingerprint density at radius 2 is 2.00 bits per heavy atom. The first-order valence-electron chi connectivity index (χ1n) is 6.30. The second-order valence-electron chi connectivity index (χ2n) is 4.30. The zero-order valence-electron chi connectivity index (χ0n) is 11.5. The Kier molecular flexibility index (Phi) is 6.27. The summed E-state index contributed by atoms with van der Waals surface area (Å²) >= 11 is 8.83. The molecule has 0 aliphatic carbocycles. The van der Waals surface area contributed by atoms with E-state index in [1.54, 1.807) is 23.5 Å². The molecule has 0 radical (unpaired) electrons. The highest BCUT2D eigenvalue weighted by atomic mass is 32.2. The van der Waals surface area contributed by atoms with Crippen LogP contribution in [0.3, 0.4) is 0 Å². The molecule has 0 aromatic rings. The van der Waals surface area contributed by atoms with Crippen molar-refractivity contribution in [3.05, 3.63) is 0 Å². The van der Waals surface area contributed by atoms with Crippen LogP contribution in [0.2, 0.25) is 0 Å². The summed E-state index contributed by atoms with van der Waals surface area (Å²) in [5.74, 6) is 0.0463. The van der Waals surface area contributed by atoms with Crippen LogP contribution >= 0.6 is 35.7 Å². The Labute approximate surface area is 124 Å². The van der Waals surface area contributed by atoms with Crippen molar-refractivity contribution in [1.82, 2.24) is 10.2 Å². The second kappa shape index (κ2) is 7.01. The molecule has 1 atom stereocenters. The monoisotopic (exact) mass is 306 g/mol. The van der Waals surface area contributed by atoms with Gasteiger partial charge in [0.15, 0.2) is 5.11 Å². The number of amides is 1. The topological polar surface area (TPSA) is 32.3 Å². The quantitative estimate of drug-likeness (QED) is 0.602. The van der Waals surface area contributed by atoms with E-state index in [0.717, 1.165) is 25.8 Å². The first kappa shape index (κ1) is 16.1. The molecule has 0 aromatic carbocycles. The van der Waals surface area contributed by atoms with E-state index in [9.17, 15) is 4.79 Å². The maximum Gasteiger partial charge on any atom is 0.233 e. The van der Waals surface area contributed by atoms with E-state index in [1.165, 1.54) is 0 Å². The van der Waals surface area contributed by atoms with Gasteiger partial charge in [0.05, 0.1) is 5.92 Å². The van der Waals surface area contributed by atoms with Crippen molar-refractivity contribution < 1.29 is 4.79 Å². The lowest BCUT2D eigenvalue weighted by Crippen LogP contribution is -2.64. The van der Waals surface area contributed by atoms with Crippen LogP contribution in [0.25, 0.3) is 0 Å². The summed E-state index contributed by atoms with van der Waals surface area (Å²) in [6.07, 6.45) is 7.19. The van der Waals surface area contributed by atoms with Crippen molar-refractivity contribution >= 4 is 46.8 Å². The molecule has 18 heavy (non-hydrogen) atoms. The van der Waals surface area contributed by atoms with Crippen LogP contribution in [0.5, 0.6) is 0 Å². The number of hydrogen-bond donors (Lipinski definition) is 1. The second-order valence-corrected chi connectivity index (χ2v) is 7.01. The van der Waals surface area contributed by atoms with Gasteiger partial charge < -0.3 is 10.2 Å². The van der Waals surface area contributed by atoms with E-state index >= 15 is 0 Å². The summed E-state index contributed by atoms with van der Waals surface area (Å²) in [7, 11) is 0. The average molecular weight is 307 g/mol. The van der Waals surface area contributed by atoms with Gasteiger partial charge in [-0.15, -0.1) is 23.5 Å². The highest BCUT2D eigenvalue weighted by Crippen LogP contribution is 2.47. The average Bonchev–Trinajstić information content (AvgIpc) is 2.36. The molecule has 1 fully saturated rings. The zero-order chi connectivity index (χ0) is 13.8.